The van der Waals surface area contributed by atoms with E-state index in [1.807, 2.05) is 13.0 Å². The van der Waals surface area contributed by atoms with E-state index >= 15 is 0 Å². The number of nitrogens with zero attached hydrogens (tertiary/aromatic N) is 3. The zero-order valence-electron chi connectivity index (χ0n) is 7.03. The number of methoxy groups -OCH3 is 1. The number of hydrogen-bond acceptors (Lipinski definition) is 4. The molecule has 0 aliphatic rings. The van der Waals surface area contributed by atoms with Crippen LogP contribution in [0.1, 0.15) is 18.2 Å². The van der Waals surface area contributed by atoms with Crippen molar-refractivity contribution in [1.82, 2.24) is 9.97 Å². The maximum Gasteiger partial charge on any atom is 0.234 e. The number of aryl methyl sites for hydroxylation is 1. The highest BCUT2D eigenvalue weighted by Crippen LogP contribution is 2.15. The Hall–Kier alpha value is -1.63. The lowest BCUT2D eigenvalue weighted by Gasteiger charge is -2.02. The number of ether oxygens (including phenoxy) is 1. The molecule has 0 radical (unpaired) electrons. The molecule has 12 heavy (non-hydrogen) atoms. The Morgan fingerprint density at radius 2 is 2.33 bits per heavy atom. The molecule has 1 heterocycles. The van der Waals surface area contributed by atoms with Crippen molar-refractivity contribution in [2.45, 2.75) is 13.3 Å². The van der Waals surface area contributed by atoms with Gasteiger partial charge in [-0.2, -0.15) is 5.26 Å². The molecule has 0 atom stereocenters. The first kappa shape index (κ1) is 8.47. The van der Waals surface area contributed by atoms with Crippen LogP contribution >= 0.6 is 0 Å². The highest BCUT2D eigenvalue weighted by Gasteiger charge is 2.08. The first-order valence-electron chi connectivity index (χ1n) is 3.61. The van der Waals surface area contributed by atoms with Gasteiger partial charge in [0.05, 0.1) is 12.8 Å². The summed E-state index contributed by atoms with van der Waals surface area (Å²) in [5, 5.41) is 8.75. The summed E-state index contributed by atoms with van der Waals surface area (Å²) in [5.74, 6) is 0.351. The molecule has 0 N–H and O–H groups in total. The van der Waals surface area contributed by atoms with Gasteiger partial charge in [0.2, 0.25) is 5.88 Å². The Morgan fingerprint density at radius 1 is 1.58 bits per heavy atom. The Labute approximate surface area is 70.8 Å². The molecule has 1 aromatic heterocycles. The van der Waals surface area contributed by atoms with Gasteiger partial charge in [-0.05, 0) is 6.42 Å². The van der Waals surface area contributed by atoms with Gasteiger partial charge in [-0.1, -0.05) is 6.92 Å². The summed E-state index contributed by atoms with van der Waals surface area (Å²) >= 11 is 0. The standard InChI is InChI=1S/C8H9N3O/c1-3-7-6(4-9)8(12-2)11-5-10-7/h5H,3H2,1-2H3. The van der Waals surface area contributed by atoms with Crippen molar-refractivity contribution >= 4 is 0 Å². The van der Waals surface area contributed by atoms with Crippen LogP contribution in [-0.4, -0.2) is 17.1 Å². The minimum absolute atomic E-state index is 0.351. The van der Waals surface area contributed by atoms with Gasteiger partial charge in [-0.3, -0.25) is 0 Å². The second-order valence-corrected chi connectivity index (χ2v) is 2.17. The SMILES string of the molecule is CCc1ncnc(OC)c1C#N. The van der Waals surface area contributed by atoms with E-state index in [1.165, 1.54) is 13.4 Å². The van der Waals surface area contributed by atoms with Crippen molar-refractivity contribution in [3.63, 3.8) is 0 Å². The molecule has 0 aromatic carbocycles. The van der Waals surface area contributed by atoms with Crippen molar-refractivity contribution in [2.75, 3.05) is 7.11 Å². The minimum atomic E-state index is 0.351. The third kappa shape index (κ3) is 1.35. The zero-order valence-corrected chi connectivity index (χ0v) is 7.03. The van der Waals surface area contributed by atoms with Gasteiger partial charge >= 0.3 is 0 Å². The Bertz CT molecular complexity index is 294. The van der Waals surface area contributed by atoms with Crippen LogP contribution in [0.15, 0.2) is 6.33 Å². The predicted octanol–water partition coefficient (Wildman–Crippen LogP) is 0.919. The average molecular weight is 163 g/mol. The highest BCUT2D eigenvalue weighted by atomic mass is 16.5. The molecule has 0 fully saturated rings. The van der Waals surface area contributed by atoms with E-state index in [1.54, 1.807) is 0 Å². The fourth-order valence-corrected chi connectivity index (χ4v) is 0.939. The van der Waals surface area contributed by atoms with Gasteiger partial charge < -0.3 is 4.74 Å². The van der Waals surface area contributed by atoms with E-state index in [9.17, 15) is 0 Å². The zero-order chi connectivity index (χ0) is 8.97. The predicted molar refractivity (Wildman–Crippen MR) is 42.7 cm³/mol. The number of aromatic nitrogens is 2. The van der Waals surface area contributed by atoms with Crippen molar-refractivity contribution in [1.29, 1.82) is 5.26 Å². The molecule has 0 saturated heterocycles. The lowest BCUT2D eigenvalue weighted by molar-refractivity contribution is 0.394. The molecule has 0 unspecified atom stereocenters. The fraction of sp³-hybridized carbons (Fsp3) is 0.375. The molecular weight excluding hydrogens is 154 g/mol. The summed E-state index contributed by atoms with van der Waals surface area (Å²) < 4.78 is 4.91. The summed E-state index contributed by atoms with van der Waals surface area (Å²) in [6, 6.07) is 2.02. The molecule has 0 aliphatic heterocycles. The van der Waals surface area contributed by atoms with Crippen LogP contribution < -0.4 is 4.74 Å². The molecule has 0 aliphatic carbocycles. The summed E-state index contributed by atoms with van der Waals surface area (Å²) in [6.07, 6.45) is 2.11. The van der Waals surface area contributed by atoms with Crippen LogP contribution in [0.3, 0.4) is 0 Å². The van der Waals surface area contributed by atoms with Crippen LogP contribution in [0.25, 0.3) is 0 Å². The van der Waals surface area contributed by atoms with Gasteiger partial charge in [-0.15, -0.1) is 0 Å². The first-order chi connectivity index (χ1) is 5.83. The monoisotopic (exact) mass is 163 g/mol. The molecule has 0 saturated carbocycles. The van der Waals surface area contributed by atoms with Crippen molar-refractivity contribution in [3.8, 4) is 11.9 Å². The maximum absolute atomic E-state index is 8.75. The molecule has 0 bridgehead atoms. The van der Waals surface area contributed by atoms with Crippen LogP contribution in [0, 0.1) is 11.3 Å². The summed E-state index contributed by atoms with van der Waals surface area (Å²) in [5.41, 5.74) is 1.16. The van der Waals surface area contributed by atoms with Gasteiger partial charge in [-0.25, -0.2) is 9.97 Å². The molecular formula is C8H9N3O. The fourth-order valence-electron chi connectivity index (χ4n) is 0.939. The number of nitriles is 1. The Balaban J connectivity index is 3.25. The second kappa shape index (κ2) is 3.67. The average Bonchev–Trinajstić information content (AvgIpc) is 2.16. The second-order valence-electron chi connectivity index (χ2n) is 2.17. The van der Waals surface area contributed by atoms with Gasteiger partial charge in [0.1, 0.15) is 18.0 Å². The van der Waals surface area contributed by atoms with Gasteiger partial charge in [0, 0.05) is 0 Å². The van der Waals surface area contributed by atoms with Crippen LogP contribution in [-0.2, 0) is 6.42 Å². The maximum atomic E-state index is 8.75. The van der Waals surface area contributed by atoms with E-state index < -0.39 is 0 Å². The van der Waals surface area contributed by atoms with Gasteiger partial charge in [0.15, 0.2) is 0 Å². The molecule has 4 heteroatoms. The minimum Gasteiger partial charge on any atom is -0.480 e. The van der Waals surface area contributed by atoms with Gasteiger partial charge in [0.25, 0.3) is 0 Å². The molecule has 62 valence electrons. The van der Waals surface area contributed by atoms with Crippen molar-refractivity contribution < 1.29 is 4.74 Å². The summed E-state index contributed by atoms with van der Waals surface area (Å²) in [6.45, 7) is 1.93. The summed E-state index contributed by atoms with van der Waals surface area (Å²) in [7, 11) is 1.49. The number of rotatable bonds is 2. The highest BCUT2D eigenvalue weighted by molar-refractivity contribution is 5.40. The molecule has 0 amide bonds. The van der Waals surface area contributed by atoms with E-state index in [0.29, 0.717) is 17.9 Å². The van der Waals surface area contributed by atoms with Crippen LogP contribution in [0.4, 0.5) is 0 Å². The lowest BCUT2D eigenvalue weighted by Crippen LogP contribution is -1.99. The quantitative estimate of drug-likeness (QED) is 0.650. The normalized spacial score (nSPS) is 9.08. The molecule has 1 rings (SSSR count). The third-order valence-corrected chi connectivity index (χ3v) is 1.53. The van der Waals surface area contributed by atoms with Crippen LogP contribution in [0.5, 0.6) is 5.88 Å². The summed E-state index contributed by atoms with van der Waals surface area (Å²) in [4.78, 5) is 7.78. The largest absolute Gasteiger partial charge is 0.480 e. The lowest BCUT2D eigenvalue weighted by atomic mass is 10.2. The Kier molecular flexibility index (Phi) is 2.59. The molecule has 4 nitrogen and oxygen atoms in total. The van der Waals surface area contributed by atoms with Crippen molar-refractivity contribution in [3.05, 3.63) is 17.6 Å². The van der Waals surface area contributed by atoms with E-state index in [2.05, 4.69) is 9.97 Å². The first-order valence-corrected chi connectivity index (χ1v) is 3.61. The van der Waals surface area contributed by atoms with Crippen molar-refractivity contribution in [2.24, 2.45) is 0 Å². The number of hydrogen-bond donors (Lipinski definition) is 0. The third-order valence-electron chi connectivity index (χ3n) is 1.53. The molecule has 1 aromatic rings. The molecule has 0 spiro atoms. The smallest absolute Gasteiger partial charge is 0.234 e. The van der Waals surface area contributed by atoms with E-state index in [-0.39, 0.29) is 0 Å². The van der Waals surface area contributed by atoms with Crippen LogP contribution in [0.2, 0.25) is 0 Å². The van der Waals surface area contributed by atoms with E-state index in [4.69, 9.17) is 10.00 Å². The Morgan fingerprint density at radius 3 is 2.83 bits per heavy atom. The topological polar surface area (TPSA) is 58.8 Å². The van der Waals surface area contributed by atoms with E-state index in [0.717, 1.165) is 5.69 Å².